The molecular weight excluding hydrogens is 262 g/mol. The molecule has 0 aromatic heterocycles. The fourth-order valence-electron chi connectivity index (χ4n) is 1.77. The quantitative estimate of drug-likeness (QED) is 0.608. The van der Waals surface area contributed by atoms with Gasteiger partial charge in [0.2, 0.25) is 0 Å². The largest absolute Gasteiger partial charge is 0.508 e. The van der Waals surface area contributed by atoms with Crippen LogP contribution in [0.15, 0.2) is 18.2 Å². The van der Waals surface area contributed by atoms with Crippen LogP contribution in [0.5, 0.6) is 11.5 Å². The predicted molar refractivity (Wildman–Crippen MR) is 72.8 cm³/mol. The number of carbonyl (C=O) groups excluding carboxylic acids is 1. The molecular formula is C14H19NO5. The molecule has 1 atom stereocenters. The van der Waals surface area contributed by atoms with E-state index in [1.54, 1.807) is 0 Å². The molecule has 0 fully saturated rings. The lowest BCUT2D eigenvalue weighted by atomic mass is 10.0. The highest BCUT2D eigenvalue weighted by molar-refractivity contribution is 5.95. The van der Waals surface area contributed by atoms with Crippen LogP contribution >= 0.6 is 0 Å². The number of benzene rings is 1. The Balaban J connectivity index is 2.38. The number of aromatic hydroxyl groups is 2. The number of amides is 1. The zero-order chi connectivity index (χ0) is 15.1. The van der Waals surface area contributed by atoms with Gasteiger partial charge in [-0.2, -0.15) is 0 Å². The molecule has 0 spiro atoms. The molecule has 1 amide bonds. The van der Waals surface area contributed by atoms with Crippen molar-refractivity contribution in [2.45, 2.75) is 26.2 Å². The molecule has 0 aliphatic heterocycles. The molecule has 6 nitrogen and oxygen atoms in total. The number of phenolic OH excluding ortho intramolecular Hbond substituents is 2. The van der Waals surface area contributed by atoms with E-state index >= 15 is 0 Å². The molecule has 1 aromatic rings. The fraction of sp³-hybridized carbons (Fsp3) is 0.429. The number of phenols is 2. The molecule has 0 saturated carbocycles. The minimum Gasteiger partial charge on any atom is -0.508 e. The van der Waals surface area contributed by atoms with Crippen molar-refractivity contribution in [2.75, 3.05) is 6.54 Å². The molecule has 0 heterocycles. The van der Waals surface area contributed by atoms with Gasteiger partial charge in [-0.3, -0.25) is 9.59 Å². The highest BCUT2D eigenvalue weighted by atomic mass is 16.4. The van der Waals surface area contributed by atoms with Crippen molar-refractivity contribution in [1.82, 2.24) is 5.32 Å². The minimum absolute atomic E-state index is 0.121. The Kier molecular flexibility index (Phi) is 5.83. The molecule has 0 bridgehead atoms. The molecule has 0 saturated heterocycles. The minimum atomic E-state index is -0.823. The summed E-state index contributed by atoms with van der Waals surface area (Å²) in [7, 11) is 0. The molecule has 1 unspecified atom stereocenters. The van der Waals surface area contributed by atoms with E-state index in [0.717, 1.165) is 6.07 Å². The third-order valence-electron chi connectivity index (χ3n) is 2.94. The summed E-state index contributed by atoms with van der Waals surface area (Å²) in [6.45, 7) is 2.34. The molecule has 110 valence electrons. The van der Waals surface area contributed by atoms with Crippen LogP contribution in [0.4, 0.5) is 0 Å². The van der Waals surface area contributed by atoms with Crippen LogP contribution < -0.4 is 5.32 Å². The van der Waals surface area contributed by atoms with Gasteiger partial charge < -0.3 is 20.6 Å². The van der Waals surface area contributed by atoms with Crippen LogP contribution in [0, 0.1) is 5.92 Å². The fourth-order valence-corrected chi connectivity index (χ4v) is 1.77. The summed E-state index contributed by atoms with van der Waals surface area (Å²) in [6, 6.07) is 3.68. The van der Waals surface area contributed by atoms with Gasteiger partial charge in [-0.25, -0.2) is 0 Å². The van der Waals surface area contributed by atoms with Crippen LogP contribution in [-0.4, -0.2) is 33.7 Å². The van der Waals surface area contributed by atoms with E-state index in [0.29, 0.717) is 19.4 Å². The molecule has 1 aromatic carbocycles. The van der Waals surface area contributed by atoms with E-state index in [4.69, 9.17) is 5.11 Å². The van der Waals surface area contributed by atoms with E-state index in [-0.39, 0.29) is 35.3 Å². The third kappa shape index (κ3) is 5.60. The maximum absolute atomic E-state index is 11.8. The van der Waals surface area contributed by atoms with E-state index in [9.17, 15) is 19.8 Å². The van der Waals surface area contributed by atoms with Crippen LogP contribution in [0.3, 0.4) is 0 Å². The average molecular weight is 281 g/mol. The van der Waals surface area contributed by atoms with E-state index in [1.807, 2.05) is 6.92 Å². The lowest BCUT2D eigenvalue weighted by Crippen LogP contribution is -2.25. The van der Waals surface area contributed by atoms with E-state index < -0.39 is 5.97 Å². The Labute approximate surface area is 117 Å². The first-order valence-corrected chi connectivity index (χ1v) is 6.41. The zero-order valence-corrected chi connectivity index (χ0v) is 11.3. The zero-order valence-electron chi connectivity index (χ0n) is 11.3. The summed E-state index contributed by atoms with van der Waals surface area (Å²) >= 11 is 0. The van der Waals surface area contributed by atoms with Gasteiger partial charge in [-0.1, -0.05) is 6.92 Å². The number of nitrogens with one attached hydrogen (secondary N) is 1. The van der Waals surface area contributed by atoms with Crippen LogP contribution in [0.2, 0.25) is 0 Å². The molecule has 0 radical (unpaired) electrons. The number of rotatable bonds is 7. The second-order valence-corrected chi connectivity index (χ2v) is 4.82. The third-order valence-corrected chi connectivity index (χ3v) is 2.94. The Morgan fingerprint density at radius 3 is 2.30 bits per heavy atom. The normalized spacial score (nSPS) is 11.8. The van der Waals surface area contributed by atoms with Gasteiger partial charge in [0.05, 0.1) is 0 Å². The maximum Gasteiger partial charge on any atom is 0.303 e. The van der Waals surface area contributed by atoms with Crippen molar-refractivity contribution in [1.29, 1.82) is 0 Å². The number of carbonyl (C=O) groups is 2. The summed E-state index contributed by atoms with van der Waals surface area (Å²) < 4.78 is 0. The Bertz CT molecular complexity index is 466. The smallest absolute Gasteiger partial charge is 0.303 e. The van der Waals surface area contributed by atoms with Gasteiger partial charge in [0.15, 0.2) is 0 Å². The summed E-state index contributed by atoms with van der Waals surface area (Å²) in [6.07, 6.45) is 1.36. The maximum atomic E-state index is 11.8. The number of hydrogen-bond acceptors (Lipinski definition) is 4. The van der Waals surface area contributed by atoms with Crippen LogP contribution in [-0.2, 0) is 4.79 Å². The van der Waals surface area contributed by atoms with Crippen molar-refractivity contribution in [3.05, 3.63) is 23.8 Å². The monoisotopic (exact) mass is 281 g/mol. The highest BCUT2D eigenvalue weighted by Crippen LogP contribution is 2.20. The molecule has 20 heavy (non-hydrogen) atoms. The van der Waals surface area contributed by atoms with E-state index in [2.05, 4.69) is 5.32 Å². The molecule has 1 rings (SSSR count). The number of hydrogen-bond donors (Lipinski definition) is 4. The van der Waals surface area contributed by atoms with Crippen molar-refractivity contribution in [3.8, 4) is 11.5 Å². The summed E-state index contributed by atoms with van der Waals surface area (Å²) in [5.41, 5.74) is 0.181. The first-order valence-electron chi connectivity index (χ1n) is 6.41. The Hall–Kier alpha value is -2.24. The number of carboxylic acid groups (broad SMARTS) is 1. The van der Waals surface area contributed by atoms with Gasteiger partial charge >= 0.3 is 5.97 Å². The van der Waals surface area contributed by atoms with Gasteiger partial charge in [-0.15, -0.1) is 0 Å². The van der Waals surface area contributed by atoms with Crippen LogP contribution in [0.1, 0.15) is 36.5 Å². The molecule has 4 N–H and O–H groups in total. The van der Waals surface area contributed by atoms with Crippen molar-refractivity contribution >= 4 is 11.9 Å². The van der Waals surface area contributed by atoms with E-state index in [1.165, 1.54) is 12.1 Å². The molecule has 0 aliphatic carbocycles. The summed E-state index contributed by atoms with van der Waals surface area (Å²) in [5.74, 6) is -1.36. The first kappa shape index (κ1) is 15.8. The first-order chi connectivity index (χ1) is 9.38. The van der Waals surface area contributed by atoms with Crippen molar-refractivity contribution in [2.24, 2.45) is 5.92 Å². The van der Waals surface area contributed by atoms with Gasteiger partial charge in [-0.05, 0) is 30.9 Å². The van der Waals surface area contributed by atoms with Gasteiger partial charge in [0, 0.05) is 24.6 Å². The lowest BCUT2D eigenvalue weighted by molar-refractivity contribution is -0.137. The molecule has 0 aliphatic rings. The second kappa shape index (κ2) is 7.37. The van der Waals surface area contributed by atoms with Crippen LogP contribution in [0.25, 0.3) is 0 Å². The number of aliphatic carboxylic acids is 1. The van der Waals surface area contributed by atoms with Crippen molar-refractivity contribution in [3.63, 3.8) is 0 Å². The summed E-state index contributed by atoms with van der Waals surface area (Å²) in [4.78, 5) is 22.2. The number of carboxylic acids is 1. The average Bonchev–Trinajstić information content (AvgIpc) is 2.35. The molecule has 6 heteroatoms. The Morgan fingerprint density at radius 2 is 1.75 bits per heavy atom. The Morgan fingerprint density at radius 1 is 1.15 bits per heavy atom. The summed E-state index contributed by atoms with van der Waals surface area (Å²) in [5, 5.41) is 29.8. The standard InChI is InChI=1S/C14H19NO5/c1-9(2-3-13(18)19)4-5-15-14(20)10-6-11(16)8-12(17)7-10/h6-9,16-17H,2-5H2,1H3,(H,15,20)(H,18,19). The van der Waals surface area contributed by atoms with Crippen molar-refractivity contribution < 1.29 is 24.9 Å². The SMILES string of the molecule is CC(CCNC(=O)c1cc(O)cc(O)c1)CCC(=O)O. The topological polar surface area (TPSA) is 107 Å². The second-order valence-electron chi connectivity index (χ2n) is 4.82. The predicted octanol–water partition coefficient (Wildman–Crippen LogP) is 1.72. The van der Waals surface area contributed by atoms with Gasteiger partial charge in [0.1, 0.15) is 11.5 Å². The highest BCUT2D eigenvalue weighted by Gasteiger charge is 2.10. The van der Waals surface area contributed by atoms with Gasteiger partial charge in [0.25, 0.3) is 5.91 Å². The lowest BCUT2D eigenvalue weighted by Gasteiger charge is -2.11.